The topological polar surface area (TPSA) is 139 Å². The largest absolute Gasteiger partial charge is 0.489 e. The van der Waals surface area contributed by atoms with Gasteiger partial charge in [0.25, 0.3) is 0 Å². The molecule has 2 aliphatic heterocycles. The number of nitrogens with zero attached hydrogens (tertiary/aromatic N) is 2. The van der Waals surface area contributed by atoms with Gasteiger partial charge in [0.2, 0.25) is 5.91 Å². The number of ether oxygens (including phenoxy) is 3. The number of carboxylic acids is 1. The Balaban J connectivity index is 0.975. The number of aliphatic carboxylic acids is 1. The summed E-state index contributed by atoms with van der Waals surface area (Å²) in [6, 6.07) is 33.0. The van der Waals surface area contributed by atoms with Gasteiger partial charge in [-0.1, -0.05) is 96.0 Å². The zero-order valence-corrected chi connectivity index (χ0v) is 35.6. The monoisotopic (exact) mass is 870 g/mol. The molecule has 0 saturated carbocycles. The fourth-order valence-corrected chi connectivity index (χ4v) is 8.01. The summed E-state index contributed by atoms with van der Waals surface area (Å²) >= 11 is 12.2. The summed E-state index contributed by atoms with van der Waals surface area (Å²) in [7, 11) is 0. The van der Waals surface area contributed by atoms with Crippen molar-refractivity contribution in [2.45, 2.75) is 64.6 Å². The number of carbonyl (C=O) groups is 3. The molecule has 11 nitrogen and oxygen atoms in total. The Morgan fingerprint density at radius 3 is 2.34 bits per heavy atom. The van der Waals surface area contributed by atoms with Gasteiger partial charge in [0, 0.05) is 37.8 Å². The van der Waals surface area contributed by atoms with Crippen molar-refractivity contribution in [1.82, 2.24) is 20.5 Å². The Hall–Kier alpha value is -6.56. The van der Waals surface area contributed by atoms with Gasteiger partial charge in [0.1, 0.15) is 31.0 Å². The van der Waals surface area contributed by atoms with Crippen molar-refractivity contribution in [2.24, 2.45) is 0 Å². The fraction of sp³-hybridized carbons (Fsp3) is 0.224. The van der Waals surface area contributed by atoms with E-state index in [0.29, 0.717) is 33.9 Å². The first-order chi connectivity index (χ1) is 30.0. The normalized spacial score (nSPS) is 15.8. The minimum absolute atomic E-state index is 0.0492. The fourth-order valence-electron chi connectivity index (χ4n) is 7.69. The van der Waals surface area contributed by atoms with Crippen LogP contribution in [0.2, 0.25) is 10.0 Å². The van der Waals surface area contributed by atoms with Gasteiger partial charge in [-0.3, -0.25) is 9.78 Å². The van der Waals surface area contributed by atoms with E-state index in [2.05, 4.69) is 15.6 Å². The van der Waals surface area contributed by atoms with E-state index >= 15 is 0 Å². The quantitative estimate of drug-likeness (QED) is 0.111. The summed E-state index contributed by atoms with van der Waals surface area (Å²) < 4.78 is 18.7. The molecule has 62 heavy (non-hydrogen) atoms. The van der Waals surface area contributed by atoms with Crippen LogP contribution >= 0.6 is 23.2 Å². The number of pyridine rings is 1. The Kier molecular flexibility index (Phi) is 12.6. The highest BCUT2D eigenvalue weighted by atomic mass is 35.5. The molecule has 2 aliphatic rings. The standard InChI is InChI=1S/C49H44Cl2N4O7/c1-29-30(2)52-19-18-39(29)34-11-8-31(9-12-34)21-42(48(57)58)54-47(56)43-22-36-23-44-45(24-37(36)26-55(43)49(59)53-25-32-6-4-3-5-7-32)62-46(28-61-44)35-13-15-38(16-14-35)60-27-33-10-17-40(50)41(51)20-33/h3-20,23-24,42-43,46H,21-22,25-28H2,1-2H3,(H,53,59)(H,54,56)(H,57,58). The molecule has 0 spiro atoms. The summed E-state index contributed by atoms with van der Waals surface area (Å²) in [5.41, 5.74) is 9.02. The third-order valence-electron chi connectivity index (χ3n) is 11.3. The Morgan fingerprint density at radius 1 is 0.855 bits per heavy atom. The second kappa shape index (κ2) is 18.6. The van der Waals surface area contributed by atoms with E-state index in [1.165, 1.54) is 4.90 Å². The van der Waals surface area contributed by atoms with E-state index in [9.17, 15) is 19.5 Å². The minimum atomic E-state index is -1.24. The van der Waals surface area contributed by atoms with Gasteiger partial charge in [0.15, 0.2) is 17.6 Å². The molecule has 13 heteroatoms. The average molecular weight is 872 g/mol. The van der Waals surface area contributed by atoms with E-state index in [1.807, 2.05) is 117 Å². The molecular formula is C49H44Cl2N4O7. The molecule has 0 radical (unpaired) electrons. The Morgan fingerprint density at radius 2 is 1.60 bits per heavy atom. The maximum Gasteiger partial charge on any atom is 0.326 e. The van der Waals surface area contributed by atoms with Crippen molar-refractivity contribution in [3.05, 3.63) is 176 Å². The van der Waals surface area contributed by atoms with Crippen molar-refractivity contribution < 1.29 is 33.7 Å². The van der Waals surface area contributed by atoms with E-state index in [-0.39, 0.29) is 32.5 Å². The maximum absolute atomic E-state index is 14.2. The first kappa shape index (κ1) is 42.1. The number of fused-ring (bicyclic) bond motifs is 2. The van der Waals surface area contributed by atoms with Gasteiger partial charge >= 0.3 is 12.0 Å². The lowest BCUT2D eigenvalue weighted by atomic mass is 9.92. The first-order valence-electron chi connectivity index (χ1n) is 20.2. The van der Waals surface area contributed by atoms with Crippen molar-refractivity contribution in [1.29, 1.82) is 0 Å². The number of aryl methyl sites for hydroxylation is 1. The first-order valence-corrected chi connectivity index (χ1v) is 21.0. The van der Waals surface area contributed by atoms with Gasteiger partial charge in [-0.25, -0.2) is 9.59 Å². The summed E-state index contributed by atoms with van der Waals surface area (Å²) in [6.07, 6.45) is 1.54. The number of hydrogen-bond acceptors (Lipinski definition) is 7. The van der Waals surface area contributed by atoms with Gasteiger partial charge in [0.05, 0.1) is 10.0 Å². The molecule has 316 valence electrons. The highest BCUT2D eigenvalue weighted by molar-refractivity contribution is 6.42. The number of hydrogen-bond donors (Lipinski definition) is 3. The van der Waals surface area contributed by atoms with E-state index in [0.717, 1.165) is 55.8 Å². The number of carbonyl (C=O) groups excluding carboxylic acids is 2. The predicted octanol–water partition coefficient (Wildman–Crippen LogP) is 9.21. The van der Waals surface area contributed by atoms with Crippen LogP contribution in [-0.4, -0.2) is 51.6 Å². The lowest BCUT2D eigenvalue weighted by molar-refractivity contribution is -0.142. The summed E-state index contributed by atoms with van der Waals surface area (Å²) in [6.45, 7) is 4.86. The van der Waals surface area contributed by atoms with E-state index in [1.54, 1.807) is 18.3 Å². The average Bonchev–Trinajstić information content (AvgIpc) is 3.28. The number of nitrogens with one attached hydrogen (secondary N) is 2. The molecule has 3 N–H and O–H groups in total. The molecule has 0 bridgehead atoms. The molecular weight excluding hydrogens is 827 g/mol. The van der Waals surface area contributed by atoms with E-state index in [4.69, 9.17) is 37.4 Å². The van der Waals surface area contributed by atoms with Crippen LogP contribution in [-0.2, 0) is 42.1 Å². The summed E-state index contributed by atoms with van der Waals surface area (Å²) in [5.74, 6) is -0.0493. The van der Waals surface area contributed by atoms with Crippen LogP contribution in [0.25, 0.3) is 11.1 Å². The molecule has 1 aromatic heterocycles. The third kappa shape index (κ3) is 9.64. The number of carboxylic acid groups (broad SMARTS) is 1. The molecule has 3 amide bonds. The SMILES string of the molecule is Cc1nccc(-c2ccc(CC(NC(=O)C3Cc4cc5c(cc4CN3C(=O)NCc3ccccc3)OC(c3ccc(OCc4ccc(Cl)c(Cl)c4)cc3)CO5)C(=O)O)cc2)c1C. The van der Waals surface area contributed by atoms with Gasteiger partial charge in [-0.05, 0) is 106 Å². The number of urea groups is 1. The molecule has 3 unspecified atom stereocenters. The van der Waals surface area contributed by atoms with Crippen LogP contribution in [0.5, 0.6) is 17.2 Å². The zero-order chi connectivity index (χ0) is 43.3. The molecule has 0 fully saturated rings. The minimum Gasteiger partial charge on any atom is -0.489 e. The number of benzene rings is 5. The second-order valence-corrected chi connectivity index (χ2v) is 16.3. The third-order valence-corrected chi connectivity index (χ3v) is 12.1. The molecule has 0 aliphatic carbocycles. The van der Waals surface area contributed by atoms with E-state index < -0.39 is 36.1 Å². The Labute approximate surface area is 369 Å². The zero-order valence-electron chi connectivity index (χ0n) is 34.1. The van der Waals surface area contributed by atoms with Crippen LogP contribution < -0.4 is 24.8 Å². The molecule has 0 saturated heterocycles. The summed E-state index contributed by atoms with van der Waals surface area (Å²) in [4.78, 5) is 46.6. The van der Waals surface area contributed by atoms with Crippen molar-refractivity contribution in [3.63, 3.8) is 0 Å². The molecule has 6 aromatic rings. The van der Waals surface area contributed by atoms with Crippen molar-refractivity contribution >= 4 is 41.1 Å². The van der Waals surface area contributed by atoms with Gasteiger partial charge in [-0.15, -0.1) is 0 Å². The maximum atomic E-state index is 14.2. The number of rotatable bonds is 12. The number of aromatic nitrogens is 1. The van der Waals surface area contributed by atoms with Crippen molar-refractivity contribution in [3.8, 4) is 28.4 Å². The molecule has 3 heterocycles. The van der Waals surface area contributed by atoms with Gasteiger partial charge < -0.3 is 34.9 Å². The van der Waals surface area contributed by atoms with Crippen LogP contribution in [0, 0.1) is 13.8 Å². The predicted molar refractivity (Wildman–Crippen MR) is 237 cm³/mol. The molecule has 8 rings (SSSR count). The lowest BCUT2D eigenvalue weighted by Gasteiger charge is -2.37. The highest BCUT2D eigenvalue weighted by Gasteiger charge is 2.38. The molecule has 3 atom stereocenters. The van der Waals surface area contributed by atoms with Crippen molar-refractivity contribution in [2.75, 3.05) is 6.61 Å². The number of amides is 3. The van der Waals surface area contributed by atoms with Crippen LogP contribution in [0.4, 0.5) is 4.79 Å². The number of halogens is 2. The Bertz CT molecular complexity index is 2610. The summed E-state index contributed by atoms with van der Waals surface area (Å²) in [5, 5.41) is 17.0. The van der Waals surface area contributed by atoms with Crippen LogP contribution in [0.15, 0.2) is 121 Å². The van der Waals surface area contributed by atoms with Crippen LogP contribution in [0.1, 0.15) is 50.7 Å². The highest BCUT2D eigenvalue weighted by Crippen LogP contribution is 2.41. The van der Waals surface area contributed by atoms with Crippen LogP contribution in [0.3, 0.4) is 0 Å². The lowest BCUT2D eigenvalue weighted by Crippen LogP contribution is -2.57. The van der Waals surface area contributed by atoms with Gasteiger partial charge in [-0.2, -0.15) is 0 Å². The molecule has 5 aromatic carbocycles. The second-order valence-electron chi connectivity index (χ2n) is 15.5. The smallest absolute Gasteiger partial charge is 0.326 e.